The van der Waals surface area contributed by atoms with Crippen molar-refractivity contribution in [3.05, 3.63) is 54.4 Å². The van der Waals surface area contributed by atoms with E-state index in [0.29, 0.717) is 5.56 Å². The van der Waals surface area contributed by atoms with Gasteiger partial charge in [0.05, 0.1) is 13.6 Å². The maximum atomic E-state index is 13.3. The van der Waals surface area contributed by atoms with E-state index < -0.39 is 23.5 Å². The molecule has 1 unspecified atom stereocenters. The molecule has 1 atom stereocenters. The zero-order valence-corrected chi connectivity index (χ0v) is 13.6. The summed E-state index contributed by atoms with van der Waals surface area (Å²) in [4.78, 5) is 0. The predicted octanol–water partition coefficient (Wildman–Crippen LogP) is 5.00. The Bertz CT molecular complexity index is 592. The smallest absolute Gasteiger partial charge is 0.194 e. The zero-order chi connectivity index (χ0) is 14.2. The summed E-state index contributed by atoms with van der Waals surface area (Å²) >= 11 is 8.19. The lowest BCUT2D eigenvalue weighted by atomic mass is 10.0. The molecule has 2 rings (SSSR count). The third-order valence-corrected chi connectivity index (χ3v) is 5.01. The van der Waals surface area contributed by atoms with Crippen molar-refractivity contribution in [2.45, 2.75) is 6.04 Å². The van der Waals surface area contributed by atoms with Crippen LogP contribution in [0.5, 0.6) is 0 Å². The fraction of sp³-hybridized carbons (Fsp3) is 0.167. The van der Waals surface area contributed by atoms with Crippen molar-refractivity contribution in [2.24, 2.45) is 0 Å². The van der Waals surface area contributed by atoms with Crippen molar-refractivity contribution in [3.8, 4) is 0 Å². The standard InChI is InChI=1S/C12H8Br2F3NS/c1-18-11(6-4-9(13)19-12(6)14)5-2-7(15)10(17)8(16)3-5/h2-4,11,18H,1H3. The molecule has 1 heterocycles. The molecule has 1 nitrogen and oxygen atoms in total. The Morgan fingerprint density at radius 2 is 1.68 bits per heavy atom. The second-order valence-corrected chi connectivity index (χ2v) is 7.55. The highest BCUT2D eigenvalue weighted by Gasteiger charge is 2.21. The summed E-state index contributed by atoms with van der Waals surface area (Å²) in [5.74, 6) is -3.84. The van der Waals surface area contributed by atoms with Crippen LogP contribution < -0.4 is 5.32 Å². The highest BCUT2D eigenvalue weighted by atomic mass is 79.9. The van der Waals surface area contributed by atoms with Crippen molar-refractivity contribution in [1.29, 1.82) is 0 Å². The van der Waals surface area contributed by atoms with E-state index >= 15 is 0 Å². The van der Waals surface area contributed by atoms with Gasteiger partial charge >= 0.3 is 0 Å². The van der Waals surface area contributed by atoms with Gasteiger partial charge in [-0.25, -0.2) is 13.2 Å². The van der Waals surface area contributed by atoms with Crippen LogP contribution >= 0.6 is 43.2 Å². The van der Waals surface area contributed by atoms with Crippen LogP contribution in [0, 0.1) is 17.5 Å². The number of benzene rings is 1. The Morgan fingerprint density at radius 1 is 1.11 bits per heavy atom. The number of thiophene rings is 1. The van der Waals surface area contributed by atoms with Gasteiger partial charge in [-0.15, -0.1) is 11.3 Å². The highest BCUT2D eigenvalue weighted by molar-refractivity contribution is 9.12. The average molecular weight is 415 g/mol. The lowest BCUT2D eigenvalue weighted by Crippen LogP contribution is -2.18. The van der Waals surface area contributed by atoms with Crippen LogP contribution in [0.4, 0.5) is 13.2 Å². The molecule has 1 aromatic carbocycles. The molecule has 0 aliphatic heterocycles. The van der Waals surface area contributed by atoms with Crippen LogP contribution in [0.3, 0.4) is 0 Å². The zero-order valence-electron chi connectivity index (χ0n) is 9.61. The number of hydrogen-bond donors (Lipinski definition) is 1. The molecule has 0 saturated heterocycles. The molecule has 102 valence electrons. The minimum atomic E-state index is -1.45. The van der Waals surface area contributed by atoms with Crippen molar-refractivity contribution >= 4 is 43.2 Å². The Kier molecular flexibility index (Phi) is 4.70. The Hall–Kier alpha value is -0.370. The summed E-state index contributed by atoms with van der Waals surface area (Å²) < 4.78 is 41.3. The molecule has 0 bridgehead atoms. The lowest BCUT2D eigenvalue weighted by Gasteiger charge is -2.16. The van der Waals surface area contributed by atoms with E-state index in [4.69, 9.17) is 0 Å². The molecule has 0 saturated carbocycles. The van der Waals surface area contributed by atoms with Gasteiger partial charge in [-0.05, 0) is 68.2 Å². The third kappa shape index (κ3) is 3.04. The summed E-state index contributed by atoms with van der Waals surface area (Å²) in [5.41, 5.74) is 1.15. The molecule has 0 spiro atoms. The minimum Gasteiger partial charge on any atom is -0.309 e. The molecule has 0 amide bonds. The van der Waals surface area contributed by atoms with E-state index in [1.807, 2.05) is 6.07 Å². The molecule has 0 aliphatic rings. The third-order valence-electron chi connectivity index (χ3n) is 2.62. The van der Waals surface area contributed by atoms with E-state index in [-0.39, 0.29) is 0 Å². The largest absolute Gasteiger partial charge is 0.309 e. The lowest BCUT2D eigenvalue weighted by molar-refractivity contribution is 0.443. The Balaban J connectivity index is 2.51. The van der Waals surface area contributed by atoms with Crippen molar-refractivity contribution < 1.29 is 13.2 Å². The van der Waals surface area contributed by atoms with Gasteiger partial charge < -0.3 is 5.32 Å². The van der Waals surface area contributed by atoms with Crippen LogP contribution in [0.15, 0.2) is 25.8 Å². The first-order valence-electron chi connectivity index (χ1n) is 5.20. The van der Waals surface area contributed by atoms with Gasteiger partial charge in [0.1, 0.15) is 0 Å². The quantitative estimate of drug-likeness (QED) is 0.697. The second kappa shape index (κ2) is 5.95. The molecular formula is C12H8Br2F3NS. The molecule has 1 aromatic heterocycles. The number of rotatable bonds is 3. The fourth-order valence-electron chi connectivity index (χ4n) is 1.79. The highest BCUT2D eigenvalue weighted by Crippen LogP contribution is 2.38. The molecule has 7 heteroatoms. The van der Waals surface area contributed by atoms with Crippen LogP contribution in [-0.4, -0.2) is 7.05 Å². The van der Waals surface area contributed by atoms with Crippen molar-refractivity contribution in [3.63, 3.8) is 0 Å². The molecule has 0 radical (unpaired) electrons. The molecule has 2 aromatic rings. The topological polar surface area (TPSA) is 12.0 Å². The maximum absolute atomic E-state index is 13.3. The van der Waals surface area contributed by atoms with Gasteiger partial charge in [-0.3, -0.25) is 0 Å². The Labute approximate surface area is 129 Å². The SMILES string of the molecule is CNC(c1cc(F)c(F)c(F)c1)c1cc(Br)sc1Br. The summed E-state index contributed by atoms with van der Waals surface area (Å²) in [6.07, 6.45) is 0. The molecular weight excluding hydrogens is 407 g/mol. The number of nitrogens with one attached hydrogen (secondary N) is 1. The first kappa shape index (κ1) is 15.0. The van der Waals surface area contributed by atoms with Crippen LogP contribution in [0.1, 0.15) is 17.2 Å². The van der Waals surface area contributed by atoms with E-state index in [1.54, 1.807) is 7.05 Å². The summed E-state index contributed by atoms with van der Waals surface area (Å²) in [7, 11) is 1.67. The van der Waals surface area contributed by atoms with Crippen LogP contribution in [-0.2, 0) is 0 Å². The van der Waals surface area contributed by atoms with E-state index in [2.05, 4.69) is 37.2 Å². The fourth-order valence-corrected chi connectivity index (χ4v) is 4.70. The Morgan fingerprint density at radius 3 is 2.11 bits per heavy atom. The number of hydrogen-bond acceptors (Lipinski definition) is 2. The monoisotopic (exact) mass is 413 g/mol. The normalized spacial score (nSPS) is 12.7. The first-order chi connectivity index (χ1) is 8.93. The molecule has 1 N–H and O–H groups in total. The van der Waals surface area contributed by atoms with Gasteiger partial charge in [-0.1, -0.05) is 0 Å². The predicted molar refractivity (Wildman–Crippen MR) is 76.9 cm³/mol. The van der Waals surface area contributed by atoms with Gasteiger partial charge in [0.15, 0.2) is 17.5 Å². The van der Waals surface area contributed by atoms with Crippen LogP contribution in [0.2, 0.25) is 0 Å². The van der Waals surface area contributed by atoms with E-state index in [9.17, 15) is 13.2 Å². The summed E-state index contributed by atoms with van der Waals surface area (Å²) in [5, 5.41) is 2.96. The minimum absolute atomic E-state index is 0.324. The van der Waals surface area contributed by atoms with Crippen molar-refractivity contribution in [2.75, 3.05) is 7.05 Å². The summed E-state index contributed by atoms with van der Waals surface area (Å²) in [6, 6.07) is 3.41. The van der Waals surface area contributed by atoms with Gasteiger partial charge in [0.25, 0.3) is 0 Å². The van der Waals surface area contributed by atoms with Crippen LogP contribution in [0.25, 0.3) is 0 Å². The summed E-state index contributed by atoms with van der Waals surface area (Å²) in [6.45, 7) is 0. The maximum Gasteiger partial charge on any atom is 0.194 e. The van der Waals surface area contributed by atoms with Crippen molar-refractivity contribution in [1.82, 2.24) is 5.32 Å². The van der Waals surface area contributed by atoms with Gasteiger partial charge in [0, 0.05) is 0 Å². The van der Waals surface area contributed by atoms with Gasteiger partial charge in [-0.2, -0.15) is 0 Å². The van der Waals surface area contributed by atoms with E-state index in [1.165, 1.54) is 11.3 Å². The number of halogens is 5. The first-order valence-corrected chi connectivity index (χ1v) is 7.60. The average Bonchev–Trinajstić information content (AvgIpc) is 2.66. The molecule has 19 heavy (non-hydrogen) atoms. The van der Waals surface area contributed by atoms with E-state index in [0.717, 1.165) is 25.3 Å². The second-order valence-electron chi connectivity index (χ2n) is 3.80. The molecule has 0 aliphatic carbocycles. The van der Waals surface area contributed by atoms with Gasteiger partial charge in [0.2, 0.25) is 0 Å². The molecule has 0 fully saturated rings.